The minimum Gasteiger partial charge on any atom is -0.493 e. The third-order valence-electron chi connectivity index (χ3n) is 5.78. The van der Waals surface area contributed by atoms with Crippen LogP contribution in [0.15, 0.2) is 23.1 Å². The van der Waals surface area contributed by atoms with E-state index in [0.29, 0.717) is 12.4 Å². The first-order chi connectivity index (χ1) is 15.4. The van der Waals surface area contributed by atoms with Gasteiger partial charge in [-0.3, -0.25) is 4.79 Å². The van der Waals surface area contributed by atoms with Crippen molar-refractivity contribution in [2.24, 2.45) is 0 Å². The molecule has 0 heterocycles. The van der Waals surface area contributed by atoms with Gasteiger partial charge in [-0.2, -0.15) is 0 Å². The van der Waals surface area contributed by atoms with Crippen molar-refractivity contribution in [2.75, 3.05) is 6.61 Å². The lowest BCUT2D eigenvalue weighted by Crippen LogP contribution is -2.29. The van der Waals surface area contributed by atoms with Gasteiger partial charge in [-0.25, -0.2) is 13.1 Å². The maximum Gasteiger partial charge on any atom is 0.264 e. The second-order valence-corrected chi connectivity index (χ2v) is 10.4. The van der Waals surface area contributed by atoms with Gasteiger partial charge >= 0.3 is 0 Å². The van der Waals surface area contributed by atoms with Gasteiger partial charge in [-0.15, -0.1) is 0 Å². The zero-order valence-electron chi connectivity index (χ0n) is 20.6. The lowest BCUT2D eigenvalue weighted by Gasteiger charge is -2.11. The summed E-state index contributed by atoms with van der Waals surface area (Å²) in [5, 5.41) is 0. The number of carbonyl (C=O) groups excluding carboxylic acids is 1. The van der Waals surface area contributed by atoms with Crippen LogP contribution in [-0.2, 0) is 14.8 Å². The van der Waals surface area contributed by atoms with Gasteiger partial charge in [0.1, 0.15) is 5.75 Å². The van der Waals surface area contributed by atoms with Crippen molar-refractivity contribution in [1.29, 1.82) is 0 Å². The monoisotopic (exact) mass is 467 g/mol. The average molecular weight is 468 g/mol. The summed E-state index contributed by atoms with van der Waals surface area (Å²) < 4.78 is 32.3. The van der Waals surface area contributed by atoms with Crippen LogP contribution in [0.4, 0.5) is 0 Å². The van der Waals surface area contributed by atoms with Crippen LogP contribution in [0.25, 0.3) is 0 Å². The smallest absolute Gasteiger partial charge is 0.264 e. The van der Waals surface area contributed by atoms with Gasteiger partial charge < -0.3 is 4.74 Å². The molecular formula is C26H45NO4S. The molecule has 0 fully saturated rings. The molecule has 0 spiro atoms. The lowest BCUT2D eigenvalue weighted by molar-refractivity contribution is -0.119. The van der Waals surface area contributed by atoms with E-state index in [4.69, 9.17) is 4.74 Å². The van der Waals surface area contributed by atoms with Crippen LogP contribution in [0, 0.1) is 6.92 Å². The molecule has 0 saturated carbocycles. The largest absolute Gasteiger partial charge is 0.493 e. The Balaban J connectivity index is 2.10. The SMILES string of the molecule is CCCCCCCCCCCCCCCCOc1ccc(S(=O)(=O)NC(=O)CC)cc1C. The summed E-state index contributed by atoms with van der Waals surface area (Å²) in [6, 6.07) is 4.70. The Bertz CT molecular complexity index is 746. The predicted molar refractivity (Wildman–Crippen MR) is 133 cm³/mol. The molecule has 184 valence electrons. The zero-order chi connectivity index (χ0) is 23.7. The Morgan fingerprint density at radius 2 is 1.31 bits per heavy atom. The van der Waals surface area contributed by atoms with Crippen LogP contribution in [0.5, 0.6) is 5.75 Å². The number of sulfonamides is 1. The molecule has 0 aromatic heterocycles. The maximum absolute atomic E-state index is 12.2. The summed E-state index contributed by atoms with van der Waals surface area (Å²) in [5.74, 6) is 0.182. The van der Waals surface area contributed by atoms with Crippen LogP contribution in [0.1, 0.15) is 116 Å². The van der Waals surface area contributed by atoms with E-state index in [-0.39, 0.29) is 11.3 Å². The van der Waals surface area contributed by atoms with Crippen molar-refractivity contribution in [3.05, 3.63) is 23.8 Å². The number of hydrogen-bond donors (Lipinski definition) is 1. The van der Waals surface area contributed by atoms with Crippen molar-refractivity contribution < 1.29 is 17.9 Å². The third-order valence-corrected chi connectivity index (χ3v) is 7.15. The molecule has 0 saturated heterocycles. The first-order valence-electron chi connectivity index (χ1n) is 12.7. The van der Waals surface area contributed by atoms with E-state index < -0.39 is 15.9 Å². The summed E-state index contributed by atoms with van der Waals surface area (Å²) in [5.41, 5.74) is 0.752. The van der Waals surface area contributed by atoms with Crippen molar-refractivity contribution >= 4 is 15.9 Å². The van der Waals surface area contributed by atoms with Gasteiger partial charge in [-0.1, -0.05) is 97.3 Å². The number of hydrogen-bond acceptors (Lipinski definition) is 4. The highest BCUT2D eigenvalue weighted by Crippen LogP contribution is 2.22. The molecule has 1 aromatic rings. The second kappa shape index (κ2) is 17.0. The van der Waals surface area contributed by atoms with Crippen molar-refractivity contribution in [3.63, 3.8) is 0 Å². The van der Waals surface area contributed by atoms with Crippen LogP contribution >= 0.6 is 0 Å². The molecule has 0 aliphatic heterocycles. The molecule has 0 atom stereocenters. The van der Waals surface area contributed by atoms with Crippen molar-refractivity contribution in [2.45, 2.75) is 122 Å². The molecule has 0 aliphatic rings. The molecule has 1 N–H and O–H groups in total. The molecule has 5 nitrogen and oxygen atoms in total. The van der Waals surface area contributed by atoms with Gasteiger partial charge in [0.2, 0.25) is 5.91 Å². The van der Waals surface area contributed by atoms with Crippen molar-refractivity contribution in [3.8, 4) is 5.75 Å². The van der Waals surface area contributed by atoms with E-state index in [1.54, 1.807) is 19.1 Å². The normalized spacial score (nSPS) is 11.5. The summed E-state index contributed by atoms with van der Waals surface area (Å²) >= 11 is 0. The Labute approximate surface area is 196 Å². The highest BCUT2D eigenvalue weighted by molar-refractivity contribution is 7.90. The third kappa shape index (κ3) is 12.5. The Hall–Kier alpha value is -1.56. The molecule has 0 aliphatic carbocycles. The zero-order valence-corrected chi connectivity index (χ0v) is 21.4. The van der Waals surface area contributed by atoms with Crippen LogP contribution < -0.4 is 9.46 Å². The standard InChI is InChI=1S/C26H45NO4S/c1-4-6-7-8-9-10-11-12-13-14-15-16-17-18-21-31-25-20-19-24(22-23(25)3)32(29,30)27-26(28)5-2/h19-20,22H,4-18,21H2,1-3H3,(H,27,28). The lowest BCUT2D eigenvalue weighted by atomic mass is 10.0. The number of ether oxygens (including phenoxy) is 1. The van der Waals surface area contributed by atoms with Crippen molar-refractivity contribution in [1.82, 2.24) is 4.72 Å². The molecule has 1 aromatic carbocycles. The topological polar surface area (TPSA) is 72.5 Å². The van der Waals surface area contributed by atoms with Crippen LogP contribution in [-0.4, -0.2) is 20.9 Å². The van der Waals surface area contributed by atoms with Crippen LogP contribution in [0.2, 0.25) is 0 Å². The number of nitrogens with one attached hydrogen (secondary N) is 1. The first kappa shape index (κ1) is 28.5. The highest BCUT2D eigenvalue weighted by atomic mass is 32.2. The van der Waals surface area contributed by atoms with E-state index >= 15 is 0 Å². The number of unbranched alkanes of at least 4 members (excludes halogenated alkanes) is 13. The van der Waals surface area contributed by atoms with E-state index in [0.717, 1.165) is 18.4 Å². The Morgan fingerprint density at radius 1 is 0.812 bits per heavy atom. The van der Waals surface area contributed by atoms with E-state index in [1.807, 2.05) is 6.92 Å². The summed E-state index contributed by atoms with van der Waals surface area (Å²) in [6.07, 6.45) is 18.6. The number of aryl methyl sites for hydroxylation is 1. The van der Waals surface area contributed by atoms with Gasteiger partial charge in [0, 0.05) is 6.42 Å². The number of carbonyl (C=O) groups is 1. The molecule has 0 bridgehead atoms. The van der Waals surface area contributed by atoms with Gasteiger partial charge in [-0.05, 0) is 37.1 Å². The number of amides is 1. The summed E-state index contributed by atoms with van der Waals surface area (Å²) in [6.45, 7) is 6.34. The minimum absolute atomic E-state index is 0.0839. The van der Waals surface area contributed by atoms with Gasteiger partial charge in [0.05, 0.1) is 11.5 Å². The Morgan fingerprint density at radius 3 is 1.78 bits per heavy atom. The predicted octanol–water partition coefficient (Wildman–Crippen LogP) is 7.07. The van der Waals surface area contributed by atoms with E-state index in [9.17, 15) is 13.2 Å². The summed E-state index contributed by atoms with van der Waals surface area (Å²) in [7, 11) is -3.82. The van der Waals surface area contributed by atoms with Gasteiger partial charge in [0.15, 0.2) is 0 Å². The number of rotatable bonds is 19. The quantitative estimate of drug-likeness (QED) is 0.221. The van der Waals surface area contributed by atoms with E-state index in [1.165, 1.54) is 83.1 Å². The molecule has 6 heteroatoms. The van der Waals surface area contributed by atoms with Gasteiger partial charge in [0.25, 0.3) is 10.0 Å². The molecule has 1 amide bonds. The Kier molecular flexibility index (Phi) is 15.1. The first-order valence-corrected chi connectivity index (χ1v) is 14.2. The summed E-state index contributed by atoms with van der Waals surface area (Å²) in [4.78, 5) is 11.5. The molecule has 0 radical (unpaired) electrons. The van der Waals surface area contributed by atoms with Crippen LogP contribution in [0.3, 0.4) is 0 Å². The molecule has 0 unspecified atom stereocenters. The molecule has 1 rings (SSSR count). The fourth-order valence-corrected chi connectivity index (χ4v) is 4.85. The molecular weight excluding hydrogens is 422 g/mol. The average Bonchev–Trinajstić information content (AvgIpc) is 2.76. The fraction of sp³-hybridized carbons (Fsp3) is 0.731. The highest BCUT2D eigenvalue weighted by Gasteiger charge is 2.17. The molecule has 32 heavy (non-hydrogen) atoms. The second-order valence-electron chi connectivity index (χ2n) is 8.75. The number of benzene rings is 1. The minimum atomic E-state index is -3.82. The van der Waals surface area contributed by atoms with E-state index in [2.05, 4.69) is 11.6 Å². The maximum atomic E-state index is 12.2. The fourth-order valence-electron chi connectivity index (χ4n) is 3.71.